The Morgan fingerprint density at radius 1 is 0.976 bits per heavy atom. The first-order valence-electron chi connectivity index (χ1n) is 13.1. The number of H-pyrrole nitrogens is 1. The van der Waals surface area contributed by atoms with Crippen molar-refractivity contribution in [2.45, 2.75) is 25.8 Å². The molecular weight excluding hydrogens is 540 g/mol. The average molecular weight is 571 g/mol. The molecule has 1 aliphatic rings. The molecule has 1 saturated heterocycles. The number of anilines is 2. The summed E-state index contributed by atoms with van der Waals surface area (Å²) in [6.07, 6.45) is 2.30. The standard InChI is InChI=1S/C31H30N4O5S/c1-19(36)21-6-9-24(10-7-21)35-30(38)26(18-29(37)33-23-8-5-22-12-14-32-25(22)17-23)34(31(35)41)15-13-20-4-11-27(39-2)28(16-20)40-3/h4-12,14,16-17,26,32H,13,15,18H2,1-3H3,(H,33,37). The smallest absolute Gasteiger partial charge is 0.256 e. The molecule has 10 heteroatoms. The fourth-order valence-electron chi connectivity index (χ4n) is 4.97. The van der Waals surface area contributed by atoms with E-state index < -0.39 is 6.04 Å². The maximum Gasteiger partial charge on any atom is 0.256 e. The maximum atomic E-state index is 13.8. The van der Waals surface area contributed by atoms with Gasteiger partial charge < -0.3 is 24.7 Å². The number of nitrogens with one attached hydrogen (secondary N) is 2. The van der Waals surface area contributed by atoms with Crippen LogP contribution in [0.5, 0.6) is 11.5 Å². The van der Waals surface area contributed by atoms with Gasteiger partial charge in [0.25, 0.3) is 5.91 Å². The summed E-state index contributed by atoms with van der Waals surface area (Å²) in [7, 11) is 3.16. The van der Waals surface area contributed by atoms with Crippen molar-refractivity contribution >= 4 is 57.2 Å². The number of amides is 2. The third-order valence-corrected chi connectivity index (χ3v) is 7.57. The van der Waals surface area contributed by atoms with Gasteiger partial charge in [0.15, 0.2) is 22.4 Å². The number of thiocarbonyl (C=S) groups is 1. The minimum atomic E-state index is -0.802. The van der Waals surface area contributed by atoms with Crippen LogP contribution in [0.15, 0.2) is 72.9 Å². The number of Topliss-reactive ketones (excluding diaryl/α,β-unsaturated/α-hetero) is 1. The summed E-state index contributed by atoms with van der Waals surface area (Å²) in [5.41, 5.74) is 3.57. The highest BCUT2D eigenvalue weighted by molar-refractivity contribution is 7.80. The Labute approximate surface area is 243 Å². The van der Waals surface area contributed by atoms with Crippen LogP contribution in [0.25, 0.3) is 10.9 Å². The number of rotatable bonds is 10. The van der Waals surface area contributed by atoms with Crippen molar-refractivity contribution in [1.29, 1.82) is 0 Å². The number of ketones is 1. The van der Waals surface area contributed by atoms with Crippen LogP contribution < -0.4 is 19.7 Å². The molecule has 0 radical (unpaired) electrons. The molecule has 4 aromatic rings. The summed E-state index contributed by atoms with van der Waals surface area (Å²) in [6, 6.07) is 19.1. The van der Waals surface area contributed by atoms with Gasteiger partial charge in [-0.3, -0.25) is 19.3 Å². The zero-order valence-electron chi connectivity index (χ0n) is 23.0. The number of ether oxygens (including phenoxy) is 2. The molecule has 1 atom stereocenters. The van der Waals surface area contributed by atoms with E-state index in [-0.39, 0.29) is 24.0 Å². The number of benzene rings is 3. The van der Waals surface area contributed by atoms with Gasteiger partial charge in [-0.1, -0.05) is 12.1 Å². The van der Waals surface area contributed by atoms with Crippen LogP contribution in [0.1, 0.15) is 29.3 Å². The number of aromatic nitrogens is 1. The van der Waals surface area contributed by atoms with Gasteiger partial charge in [0, 0.05) is 29.5 Å². The molecule has 2 heterocycles. The van der Waals surface area contributed by atoms with Crippen molar-refractivity contribution in [3.8, 4) is 11.5 Å². The topological polar surface area (TPSA) is 104 Å². The molecule has 2 amide bonds. The van der Waals surface area contributed by atoms with E-state index >= 15 is 0 Å². The molecular formula is C31H30N4O5S. The second kappa shape index (κ2) is 11.8. The molecule has 0 spiro atoms. The number of hydrogen-bond acceptors (Lipinski definition) is 6. The Morgan fingerprint density at radius 2 is 1.73 bits per heavy atom. The number of carbonyl (C=O) groups excluding carboxylic acids is 3. The highest BCUT2D eigenvalue weighted by Crippen LogP contribution is 2.30. The lowest BCUT2D eigenvalue weighted by Crippen LogP contribution is -2.39. The van der Waals surface area contributed by atoms with Crippen LogP contribution in [0.3, 0.4) is 0 Å². The summed E-state index contributed by atoms with van der Waals surface area (Å²) in [5, 5.41) is 4.25. The van der Waals surface area contributed by atoms with Gasteiger partial charge in [-0.25, -0.2) is 0 Å². The van der Waals surface area contributed by atoms with Crippen molar-refractivity contribution < 1.29 is 23.9 Å². The first-order valence-corrected chi connectivity index (χ1v) is 13.5. The Balaban J connectivity index is 1.38. The fourth-order valence-corrected chi connectivity index (χ4v) is 5.38. The first kappa shape index (κ1) is 27.9. The van der Waals surface area contributed by atoms with Crippen molar-refractivity contribution in [3.05, 3.63) is 84.1 Å². The summed E-state index contributed by atoms with van der Waals surface area (Å²) in [6.45, 7) is 1.88. The third kappa shape index (κ3) is 5.78. The van der Waals surface area contributed by atoms with E-state index in [1.807, 2.05) is 48.7 Å². The van der Waals surface area contributed by atoms with Crippen molar-refractivity contribution in [1.82, 2.24) is 9.88 Å². The summed E-state index contributed by atoms with van der Waals surface area (Å²) >= 11 is 5.80. The van der Waals surface area contributed by atoms with E-state index in [9.17, 15) is 14.4 Å². The number of fused-ring (bicyclic) bond motifs is 1. The van der Waals surface area contributed by atoms with Crippen molar-refractivity contribution in [2.24, 2.45) is 0 Å². The second-order valence-corrected chi connectivity index (χ2v) is 10.1. The summed E-state index contributed by atoms with van der Waals surface area (Å²) < 4.78 is 10.8. The monoisotopic (exact) mass is 570 g/mol. The number of nitrogens with zero attached hydrogens (tertiary/aromatic N) is 2. The Morgan fingerprint density at radius 3 is 2.44 bits per heavy atom. The molecule has 1 aromatic heterocycles. The molecule has 1 fully saturated rings. The normalized spacial score (nSPS) is 15.0. The van der Waals surface area contributed by atoms with E-state index in [1.165, 1.54) is 11.8 Å². The Hall–Kier alpha value is -4.70. The maximum absolute atomic E-state index is 13.8. The predicted molar refractivity (Wildman–Crippen MR) is 162 cm³/mol. The van der Waals surface area contributed by atoms with Gasteiger partial charge >= 0.3 is 0 Å². The SMILES string of the molecule is COc1ccc(CCN2C(=S)N(c3ccc(C(C)=O)cc3)C(=O)C2CC(=O)Nc2ccc3cc[nH]c3c2)cc1OC. The average Bonchev–Trinajstić information content (AvgIpc) is 3.53. The molecule has 1 unspecified atom stereocenters. The van der Waals surface area contributed by atoms with Crippen LogP contribution in [0, 0.1) is 0 Å². The van der Waals surface area contributed by atoms with Crippen molar-refractivity contribution in [3.63, 3.8) is 0 Å². The highest BCUT2D eigenvalue weighted by atomic mass is 32.1. The van der Waals surface area contributed by atoms with E-state index in [0.717, 1.165) is 16.5 Å². The molecule has 2 N–H and O–H groups in total. The molecule has 5 rings (SSSR count). The van der Waals surface area contributed by atoms with Gasteiger partial charge in [0.2, 0.25) is 5.91 Å². The minimum absolute atomic E-state index is 0.0736. The molecule has 1 aliphatic heterocycles. The zero-order chi connectivity index (χ0) is 29.1. The van der Waals surface area contributed by atoms with Gasteiger partial charge in [-0.05, 0) is 91.1 Å². The third-order valence-electron chi connectivity index (χ3n) is 7.16. The summed E-state index contributed by atoms with van der Waals surface area (Å²) in [4.78, 5) is 45.1. The lowest BCUT2D eigenvalue weighted by Gasteiger charge is -2.24. The molecule has 9 nitrogen and oxygen atoms in total. The molecule has 0 aliphatic carbocycles. The van der Waals surface area contributed by atoms with E-state index in [2.05, 4.69) is 10.3 Å². The van der Waals surface area contributed by atoms with Gasteiger partial charge in [0.05, 0.1) is 26.3 Å². The highest BCUT2D eigenvalue weighted by Gasteiger charge is 2.44. The van der Waals surface area contributed by atoms with Crippen LogP contribution in [-0.4, -0.2) is 59.4 Å². The number of methoxy groups -OCH3 is 2. The van der Waals surface area contributed by atoms with E-state index in [1.54, 1.807) is 43.4 Å². The van der Waals surface area contributed by atoms with Gasteiger partial charge in [0.1, 0.15) is 6.04 Å². The predicted octanol–water partition coefficient (Wildman–Crippen LogP) is 4.96. The molecule has 210 valence electrons. The van der Waals surface area contributed by atoms with Gasteiger partial charge in [-0.15, -0.1) is 0 Å². The second-order valence-electron chi connectivity index (χ2n) is 9.74. The molecule has 0 saturated carbocycles. The Kier molecular flexibility index (Phi) is 8.02. The first-order chi connectivity index (χ1) is 19.8. The van der Waals surface area contributed by atoms with Crippen LogP contribution in [0.2, 0.25) is 0 Å². The van der Waals surface area contributed by atoms with Crippen LogP contribution in [0.4, 0.5) is 11.4 Å². The zero-order valence-corrected chi connectivity index (χ0v) is 23.8. The number of carbonyl (C=O) groups is 3. The van der Waals surface area contributed by atoms with E-state index in [4.69, 9.17) is 21.7 Å². The lowest BCUT2D eigenvalue weighted by molar-refractivity contribution is -0.124. The van der Waals surface area contributed by atoms with Crippen molar-refractivity contribution in [2.75, 3.05) is 31.0 Å². The quantitative estimate of drug-likeness (QED) is 0.205. The Bertz CT molecular complexity index is 1630. The minimum Gasteiger partial charge on any atom is -0.493 e. The summed E-state index contributed by atoms with van der Waals surface area (Å²) in [5.74, 6) is 0.549. The molecule has 41 heavy (non-hydrogen) atoms. The number of hydrogen-bond donors (Lipinski definition) is 2. The number of aromatic amines is 1. The lowest BCUT2D eigenvalue weighted by atomic mass is 10.1. The molecule has 3 aromatic carbocycles. The fraction of sp³-hybridized carbons (Fsp3) is 0.226. The van der Waals surface area contributed by atoms with Gasteiger partial charge in [-0.2, -0.15) is 0 Å². The van der Waals surface area contributed by atoms with Crippen LogP contribution >= 0.6 is 12.2 Å². The van der Waals surface area contributed by atoms with E-state index in [0.29, 0.717) is 46.5 Å². The largest absolute Gasteiger partial charge is 0.493 e. The molecule has 0 bridgehead atoms. The van der Waals surface area contributed by atoms with Crippen LogP contribution in [-0.2, 0) is 16.0 Å².